The van der Waals surface area contributed by atoms with Crippen LogP contribution in [0.3, 0.4) is 0 Å². The third-order valence-electron chi connectivity index (χ3n) is 0.975. The molecule has 0 unspecified atom stereocenters. The number of carbonyl (C=O) groups is 1. The number of anilines is 1. The summed E-state index contributed by atoms with van der Waals surface area (Å²) >= 11 is 1.35. The minimum atomic E-state index is -0.818. The number of hydrogen-bond donors (Lipinski definition) is 2. The molecule has 0 aliphatic rings. The Kier molecular flexibility index (Phi) is 2.79. The molecule has 0 atom stereocenters. The van der Waals surface area contributed by atoms with Crippen LogP contribution in [0, 0.1) is 0 Å². The van der Waals surface area contributed by atoms with Gasteiger partial charge in [-0.15, -0.1) is 10.2 Å². The van der Waals surface area contributed by atoms with Crippen molar-refractivity contribution in [3.05, 3.63) is 5.51 Å². The molecule has 1 heterocycles. The Labute approximate surface area is 67.1 Å². The highest BCUT2D eigenvalue weighted by molar-refractivity contribution is 7.13. The zero-order valence-corrected chi connectivity index (χ0v) is 6.47. The summed E-state index contributed by atoms with van der Waals surface area (Å²) < 4.78 is 0. The summed E-state index contributed by atoms with van der Waals surface area (Å²) in [5.74, 6) is -0.818. The fourth-order valence-corrected chi connectivity index (χ4v) is 1.00. The first-order valence-electron chi connectivity index (χ1n) is 3.01. The van der Waals surface area contributed by atoms with E-state index >= 15 is 0 Å². The molecule has 0 saturated carbocycles. The molecule has 1 rings (SSSR count). The highest BCUT2D eigenvalue weighted by atomic mass is 32.1. The van der Waals surface area contributed by atoms with Crippen molar-refractivity contribution in [2.24, 2.45) is 0 Å². The van der Waals surface area contributed by atoms with Gasteiger partial charge in [0, 0.05) is 6.54 Å². The second-order valence-corrected chi connectivity index (χ2v) is 2.65. The number of carboxylic acids is 1. The molecule has 2 N–H and O–H groups in total. The third kappa shape index (κ3) is 2.94. The van der Waals surface area contributed by atoms with E-state index in [1.54, 1.807) is 5.51 Å². The summed E-state index contributed by atoms with van der Waals surface area (Å²) in [6.45, 7) is 0.393. The van der Waals surface area contributed by atoms with Gasteiger partial charge in [-0.25, -0.2) is 0 Å². The number of hydrogen-bond acceptors (Lipinski definition) is 5. The largest absolute Gasteiger partial charge is 0.481 e. The topological polar surface area (TPSA) is 75.1 Å². The van der Waals surface area contributed by atoms with Gasteiger partial charge < -0.3 is 10.4 Å². The quantitative estimate of drug-likeness (QED) is 0.690. The van der Waals surface area contributed by atoms with E-state index in [0.717, 1.165) is 0 Å². The van der Waals surface area contributed by atoms with Crippen LogP contribution in [0.4, 0.5) is 5.13 Å². The lowest BCUT2D eigenvalue weighted by Gasteiger charge is -1.96. The molecule has 0 aliphatic carbocycles. The fourth-order valence-electron chi connectivity index (χ4n) is 0.526. The fraction of sp³-hybridized carbons (Fsp3) is 0.400. The summed E-state index contributed by atoms with van der Waals surface area (Å²) in [6, 6.07) is 0. The van der Waals surface area contributed by atoms with Crippen molar-refractivity contribution in [1.82, 2.24) is 10.2 Å². The van der Waals surface area contributed by atoms with Gasteiger partial charge in [0.05, 0.1) is 6.42 Å². The average molecular weight is 173 g/mol. The van der Waals surface area contributed by atoms with E-state index in [-0.39, 0.29) is 6.42 Å². The lowest BCUT2D eigenvalue weighted by Crippen LogP contribution is -2.07. The first-order chi connectivity index (χ1) is 5.29. The SMILES string of the molecule is O=C(O)CCNc1nncs1. The van der Waals surface area contributed by atoms with Gasteiger partial charge in [0.15, 0.2) is 0 Å². The van der Waals surface area contributed by atoms with Gasteiger partial charge in [-0.1, -0.05) is 11.3 Å². The summed E-state index contributed by atoms with van der Waals surface area (Å²) in [5, 5.41) is 19.0. The van der Waals surface area contributed by atoms with E-state index in [1.807, 2.05) is 0 Å². The molecule has 0 spiro atoms. The number of aromatic nitrogens is 2. The molecular weight excluding hydrogens is 166 g/mol. The Morgan fingerprint density at radius 3 is 3.18 bits per heavy atom. The highest BCUT2D eigenvalue weighted by Crippen LogP contribution is 2.06. The van der Waals surface area contributed by atoms with Crippen LogP contribution < -0.4 is 5.32 Å². The number of carboxylic acid groups (broad SMARTS) is 1. The van der Waals surface area contributed by atoms with Crippen LogP contribution in [0.25, 0.3) is 0 Å². The predicted molar refractivity (Wildman–Crippen MR) is 40.7 cm³/mol. The summed E-state index contributed by atoms with van der Waals surface area (Å²) in [6.07, 6.45) is 0.0968. The van der Waals surface area contributed by atoms with E-state index < -0.39 is 5.97 Å². The van der Waals surface area contributed by atoms with E-state index in [0.29, 0.717) is 11.7 Å². The van der Waals surface area contributed by atoms with Crippen LogP contribution in [-0.4, -0.2) is 27.8 Å². The van der Waals surface area contributed by atoms with Crippen molar-refractivity contribution in [2.75, 3.05) is 11.9 Å². The summed E-state index contributed by atoms with van der Waals surface area (Å²) in [5.41, 5.74) is 1.59. The standard InChI is InChI=1S/C5H7N3O2S/c9-4(10)1-2-6-5-8-7-3-11-5/h3H,1-2H2,(H,6,8)(H,9,10). The molecule has 11 heavy (non-hydrogen) atoms. The molecule has 0 amide bonds. The van der Waals surface area contributed by atoms with E-state index in [9.17, 15) is 4.79 Å². The van der Waals surface area contributed by atoms with Crippen LogP contribution in [-0.2, 0) is 4.79 Å². The zero-order chi connectivity index (χ0) is 8.10. The van der Waals surface area contributed by atoms with Gasteiger partial charge >= 0.3 is 5.97 Å². The van der Waals surface area contributed by atoms with Crippen molar-refractivity contribution in [3.63, 3.8) is 0 Å². The second-order valence-electron chi connectivity index (χ2n) is 1.81. The van der Waals surface area contributed by atoms with E-state index in [2.05, 4.69) is 15.5 Å². The van der Waals surface area contributed by atoms with Crippen LogP contribution in [0.1, 0.15) is 6.42 Å². The molecule has 1 aromatic heterocycles. The zero-order valence-electron chi connectivity index (χ0n) is 5.65. The molecule has 0 bridgehead atoms. The highest BCUT2D eigenvalue weighted by Gasteiger charge is 1.97. The monoisotopic (exact) mass is 173 g/mol. The van der Waals surface area contributed by atoms with Crippen molar-refractivity contribution in [3.8, 4) is 0 Å². The number of rotatable bonds is 4. The lowest BCUT2D eigenvalue weighted by atomic mass is 10.4. The predicted octanol–water partition coefficient (Wildman–Crippen LogP) is 0.425. The Morgan fingerprint density at radius 2 is 2.64 bits per heavy atom. The molecule has 6 heteroatoms. The molecule has 0 aromatic carbocycles. The van der Waals surface area contributed by atoms with E-state index in [1.165, 1.54) is 11.3 Å². The van der Waals surface area contributed by atoms with Gasteiger partial charge in [-0.2, -0.15) is 0 Å². The van der Waals surface area contributed by atoms with Crippen LogP contribution in [0.15, 0.2) is 5.51 Å². The molecule has 5 nitrogen and oxygen atoms in total. The smallest absolute Gasteiger partial charge is 0.305 e. The summed E-state index contributed by atoms with van der Waals surface area (Å²) in [4.78, 5) is 10.1. The molecular formula is C5H7N3O2S. The normalized spacial score (nSPS) is 9.45. The Balaban J connectivity index is 2.19. The maximum atomic E-state index is 10.1. The molecule has 0 aliphatic heterocycles. The average Bonchev–Trinajstić information content (AvgIpc) is 2.39. The van der Waals surface area contributed by atoms with E-state index in [4.69, 9.17) is 5.11 Å². The summed E-state index contributed by atoms with van der Waals surface area (Å²) in [7, 11) is 0. The van der Waals surface area contributed by atoms with Crippen molar-refractivity contribution in [1.29, 1.82) is 0 Å². The molecule has 1 aromatic rings. The van der Waals surface area contributed by atoms with Gasteiger partial charge in [0.2, 0.25) is 5.13 Å². The maximum absolute atomic E-state index is 10.1. The minimum Gasteiger partial charge on any atom is -0.481 e. The third-order valence-corrected chi connectivity index (χ3v) is 1.62. The first-order valence-corrected chi connectivity index (χ1v) is 3.89. The number of aliphatic carboxylic acids is 1. The Bertz CT molecular complexity index is 224. The van der Waals surface area contributed by atoms with Crippen LogP contribution in [0.2, 0.25) is 0 Å². The van der Waals surface area contributed by atoms with Crippen LogP contribution >= 0.6 is 11.3 Å². The van der Waals surface area contributed by atoms with Gasteiger partial charge in [0.1, 0.15) is 5.51 Å². The number of nitrogens with zero attached hydrogens (tertiary/aromatic N) is 2. The number of nitrogens with one attached hydrogen (secondary N) is 1. The van der Waals surface area contributed by atoms with Gasteiger partial charge in [-0.05, 0) is 0 Å². The maximum Gasteiger partial charge on any atom is 0.305 e. The van der Waals surface area contributed by atoms with Crippen molar-refractivity contribution in [2.45, 2.75) is 6.42 Å². The Morgan fingerprint density at radius 1 is 1.82 bits per heavy atom. The molecule has 0 saturated heterocycles. The van der Waals surface area contributed by atoms with Gasteiger partial charge in [-0.3, -0.25) is 4.79 Å². The molecule has 60 valence electrons. The molecule has 0 fully saturated rings. The van der Waals surface area contributed by atoms with Crippen LogP contribution in [0.5, 0.6) is 0 Å². The van der Waals surface area contributed by atoms with Crippen molar-refractivity contribution >= 4 is 22.4 Å². The van der Waals surface area contributed by atoms with Gasteiger partial charge in [0.25, 0.3) is 0 Å². The Hall–Kier alpha value is -1.17. The second kappa shape index (κ2) is 3.87. The lowest BCUT2D eigenvalue weighted by molar-refractivity contribution is -0.136. The molecule has 0 radical (unpaired) electrons. The minimum absolute atomic E-state index is 0.0968. The van der Waals surface area contributed by atoms with Crippen molar-refractivity contribution < 1.29 is 9.90 Å². The first kappa shape index (κ1) is 7.93.